The van der Waals surface area contributed by atoms with Crippen molar-refractivity contribution in [3.63, 3.8) is 0 Å². The molecule has 0 saturated heterocycles. The van der Waals surface area contributed by atoms with E-state index in [0.717, 1.165) is 47.3 Å². The van der Waals surface area contributed by atoms with Gasteiger partial charge in [-0.15, -0.1) is 11.3 Å². The first-order chi connectivity index (χ1) is 31.0. The minimum atomic E-state index is 0.614. The van der Waals surface area contributed by atoms with E-state index in [1.165, 1.54) is 150 Å². The molecule has 1 aromatic heterocycles. The van der Waals surface area contributed by atoms with Gasteiger partial charge in [0.1, 0.15) is 0 Å². The predicted molar refractivity (Wildman–Crippen MR) is 273 cm³/mol. The molecule has 1 heterocycles. The van der Waals surface area contributed by atoms with Gasteiger partial charge in [-0.25, -0.2) is 0 Å². The van der Waals surface area contributed by atoms with Crippen molar-refractivity contribution < 1.29 is 0 Å². The van der Waals surface area contributed by atoms with Gasteiger partial charge in [-0.1, -0.05) is 122 Å². The summed E-state index contributed by atoms with van der Waals surface area (Å²) in [7, 11) is 0. The van der Waals surface area contributed by atoms with Gasteiger partial charge in [0, 0.05) is 20.5 Å². The quantitative estimate of drug-likeness (QED) is 0.134. The predicted octanol–water partition coefficient (Wildman–Crippen LogP) is 17.9. The van der Waals surface area contributed by atoms with Crippen LogP contribution >= 0.6 is 11.3 Å². The minimum absolute atomic E-state index is 0.614. The van der Waals surface area contributed by atoms with Crippen LogP contribution in [0.15, 0.2) is 116 Å². The molecule has 0 spiro atoms. The lowest BCUT2D eigenvalue weighted by Crippen LogP contribution is -2.44. The molecule has 1 heteroatoms. The van der Waals surface area contributed by atoms with Gasteiger partial charge in [-0.05, 0) is 226 Å². The van der Waals surface area contributed by atoms with Crippen molar-refractivity contribution in [1.29, 1.82) is 0 Å². The van der Waals surface area contributed by atoms with Crippen molar-refractivity contribution in [2.75, 3.05) is 0 Å². The highest BCUT2D eigenvalue weighted by Crippen LogP contribution is 2.63. The molecule has 8 aliphatic carbocycles. The summed E-state index contributed by atoms with van der Waals surface area (Å²) in [4.78, 5) is 1.24. The zero-order valence-electron chi connectivity index (χ0n) is 37.2. The Labute approximate surface area is 378 Å². The van der Waals surface area contributed by atoms with Gasteiger partial charge in [0.25, 0.3) is 0 Å². The number of hydrogen-bond donors (Lipinski definition) is 0. The second-order valence-corrected chi connectivity index (χ2v) is 22.2. The largest absolute Gasteiger partial charge is 0.135 e. The first-order valence-electron chi connectivity index (χ1n) is 24.7. The van der Waals surface area contributed by atoms with E-state index in [1.807, 2.05) is 11.3 Å². The number of benzene rings is 6. The van der Waals surface area contributed by atoms with Crippen molar-refractivity contribution in [1.82, 2.24) is 0 Å². The molecule has 314 valence electrons. The third kappa shape index (κ3) is 5.70. The summed E-state index contributed by atoms with van der Waals surface area (Å²) in [6.45, 7) is 13.5. The van der Waals surface area contributed by atoms with Crippen LogP contribution in [0.25, 0.3) is 77.3 Å². The molecule has 0 amide bonds. The molecular weight excluding hydrogens is 777 g/mol. The Morgan fingerprint density at radius 2 is 1.00 bits per heavy atom. The van der Waals surface area contributed by atoms with E-state index in [2.05, 4.69) is 148 Å². The topological polar surface area (TPSA) is 0 Å². The molecule has 15 rings (SSSR count). The fraction of sp³-hybridized carbons (Fsp3) is 0.355. The van der Waals surface area contributed by atoms with Crippen LogP contribution in [0.5, 0.6) is 0 Å². The first kappa shape index (κ1) is 38.5. The molecule has 8 fully saturated rings. The summed E-state index contributed by atoms with van der Waals surface area (Å²) in [5, 5.41) is 9.89. The fourth-order valence-corrected chi connectivity index (χ4v) is 17.5. The average Bonchev–Trinajstić information content (AvgIpc) is 3.66. The first-order valence-corrected chi connectivity index (χ1v) is 25.5. The van der Waals surface area contributed by atoms with Gasteiger partial charge in [-0.2, -0.15) is 0 Å². The number of fused-ring (bicyclic) bond motifs is 4. The Kier molecular flexibility index (Phi) is 9.03. The lowest BCUT2D eigenvalue weighted by Gasteiger charge is -2.55. The Morgan fingerprint density at radius 1 is 0.508 bits per heavy atom. The van der Waals surface area contributed by atoms with Crippen LogP contribution in [0, 0.1) is 47.3 Å². The normalized spacial score (nSPS) is 29.6. The van der Waals surface area contributed by atoms with E-state index in [9.17, 15) is 0 Å². The number of thiophene rings is 1. The Balaban J connectivity index is 1.02. The van der Waals surface area contributed by atoms with E-state index in [0.29, 0.717) is 11.8 Å². The third-order valence-corrected chi connectivity index (χ3v) is 19.2. The van der Waals surface area contributed by atoms with E-state index in [4.69, 9.17) is 0 Å². The van der Waals surface area contributed by atoms with Crippen molar-refractivity contribution in [3.05, 3.63) is 155 Å². The maximum absolute atomic E-state index is 4.62. The van der Waals surface area contributed by atoms with Crippen molar-refractivity contribution in [2.24, 2.45) is 47.3 Å². The van der Waals surface area contributed by atoms with E-state index < -0.39 is 0 Å². The summed E-state index contributed by atoms with van der Waals surface area (Å²) in [5.74, 6) is 8.32. The molecule has 0 nitrogen and oxygen atoms in total. The highest BCUT2D eigenvalue weighted by Gasteiger charge is 2.51. The molecule has 0 unspecified atom stereocenters. The molecule has 7 aromatic rings. The van der Waals surface area contributed by atoms with Gasteiger partial charge in [-0.3, -0.25) is 0 Å². The number of rotatable bonds is 8. The molecule has 8 bridgehead atoms. The van der Waals surface area contributed by atoms with Gasteiger partial charge < -0.3 is 0 Å². The fourth-order valence-electron chi connectivity index (χ4n) is 16.4. The summed E-state index contributed by atoms with van der Waals surface area (Å²) < 4.78 is 1.31. The molecule has 0 atom stereocenters. The summed E-state index contributed by atoms with van der Waals surface area (Å²) in [6.07, 6.45) is 25.7. The third-order valence-electron chi connectivity index (χ3n) is 18.0. The van der Waals surface area contributed by atoms with Crippen LogP contribution in [0.4, 0.5) is 0 Å². The smallest absolute Gasteiger partial charge is 0.0356 e. The molecule has 6 aromatic carbocycles. The minimum Gasteiger partial charge on any atom is -0.135 e. The monoisotopic (exact) mass is 836 g/mol. The van der Waals surface area contributed by atoms with Crippen LogP contribution < -0.4 is 0 Å². The van der Waals surface area contributed by atoms with E-state index in [-0.39, 0.29) is 0 Å². The lowest BCUT2D eigenvalue weighted by molar-refractivity contribution is -0.00238. The second kappa shape index (κ2) is 14.8. The highest BCUT2D eigenvalue weighted by atomic mass is 32.1. The van der Waals surface area contributed by atoms with Crippen molar-refractivity contribution in [2.45, 2.75) is 89.9 Å². The molecule has 8 aliphatic rings. The summed E-state index contributed by atoms with van der Waals surface area (Å²) in [5.41, 5.74) is 12.5. The molecule has 0 N–H and O–H groups in total. The Morgan fingerprint density at radius 3 is 1.49 bits per heavy atom. The van der Waals surface area contributed by atoms with Crippen LogP contribution in [0.1, 0.15) is 128 Å². The van der Waals surface area contributed by atoms with Gasteiger partial charge >= 0.3 is 0 Å². The summed E-state index contributed by atoms with van der Waals surface area (Å²) in [6, 6.07) is 35.7. The van der Waals surface area contributed by atoms with Crippen LogP contribution in [-0.4, -0.2) is 0 Å². The maximum Gasteiger partial charge on any atom is 0.0356 e. The lowest BCUT2D eigenvalue weighted by atomic mass is 9.50. The Hall–Kier alpha value is -4.98. The number of allylic oxidation sites excluding steroid dienone is 2. The molecular formula is C62H60S. The second-order valence-electron chi connectivity index (χ2n) is 21.1. The molecule has 0 aliphatic heterocycles. The average molecular weight is 837 g/mol. The molecule has 0 radical (unpaired) electrons. The highest BCUT2D eigenvalue weighted by molar-refractivity contribution is 7.20. The van der Waals surface area contributed by atoms with Crippen LogP contribution in [0.2, 0.25) is 0 Å². The zero-order chi connectivity index (χ0) is 42.1. The molecule has 63 heavy (non-hydrogen) atoms. The standard InChI is InChI=1S/C62H60S/c1-5-15-46-44(6-2)59(49-18-11-14-21-52(49)61(46)56-40-26-35-24-36(28-40)29-41(56)27-35)45(7-3)60-53-34-39(22-23-55(53)63-54(60)8-4)58-47-16-9-12-19-50(47)62(51-20-13-10-17-48(51)58)57-42-30-37-25-38(32-42)33-43(57)31-37/h5-23,34-38,40-43,56-57H,2,4,24-33H2,1,3H3/b15-5-,45-7-. The van der Waals surface area contributed by atoms with Crippen molar-refractivity contribution >= 4 is 77.5 Å². The van der Waals surface area contributed by atoms with Gasteiger partial charge in [0.15, 0.2) is 0 Å². The maximum atomic E-state index is 4.62. The van der Waals surface area contributed by atoms with Crippen molar-refractivity contribution in [3.8, 4) is 11.1 Å². The molecule has 8 saturated carbocycles. The van der Waals surface area contributed by atoms with Gasteiger partial charge in [0.05, 0.1) is 0 Å². The zero-order valence-corrected chi connectivity index (χ0v) is 38.0. The van der Waals surface area contributed by atoms with Gasteiger partial charge in [0.2, 0.25) is 0 Å². The van der Waals surface area contributed by atoms with E-state index in [1.54, 1.807) is 11.1 Å². The van der Waals surface area contributed by atoms with E-state index >= 15 is 0 Å². The summed E-state index contributed by atoms with van der Waals surface area (Å²) >= 11 is 1.88. The van der Waals surface area contributed by atoms with Crippen LogP contribution in [0.3, 0.4) is 0 Å². The number of hydrogen-bond acceptors (Lipinski definition) is 1. The Bertz CT molecular complexity index is 2990. The van der Waals surface area contributed by atoms with Crippen LogP contribution in [-0.2, 0) is 0 Å². The SMILES string of the molecule is C=Cc1sc2ccc(-c3c4ccccc4c(C4C5CC6CC(C5)CC4C6)c4ccccc34)cc2c1/C(=C\C)c1c(C=C)c(/C=C\C)c(C2C3CC4CC(C3)CC2C4)c2ccccc12.